The molecule has 5 rings (SSSR count). The number of nitrogens with zero attached hydrogens (tertiary/aromatic N) is 2. The Morgan fingerprint density at radius 1 is 1.17 bits per heavy atom. The van der Waals surface area contributed by atoms with Crippen molar-refractivity contribution in [1.82, 2.24) is 9.80 Å². The van der Waals surface area contributed by atoms with Gasteiger partial charge in [0.2, 0.25) is 5.91 Å². The van der Waals surface area contributed by atoms with Crippen LogP contribution in [-0.2, 0) is 4.79 Å². The fourth-order valence-corrected chi connectivity index (χ4v) is 5.86. The number of nitrogens with one attached hydrogen (secondary N) is 1. The Morgan fingerprint density at radius 3 is 2.67 bits per heavy atom. The number of amides is 3. The number of benzene rings is 2. The predicted octanol–water partition coefficient (Wildman–Crippen LogP) is 3.83. The molecule has 2 saturated heterocycles. The third-order valence-corrected chi connectivity index (χ3v) is 7.75. The zero-order valence-electron chi connectivity index (χ0n) is 20.7. The summed E-state index contributed by atoms with van der Waals surface area (Å²) < 4.78 is 5.22. The number of methoxy groups -OCH3 is 1. The van der Waals surface area contributed by atoms with E-state index in [0.29, 0.717) is 18.0 Å². The molecular formula is C29H33N3O4. The van der Waals surface area contributed by atoms with Crippen LogP contribution in [0.15, 0.2) is 48.5 Å². The van der Waals surface area contributed by atoms with E-state index in [9.17, 15) is 14.7 Å². The fraction of sp³-hybridized carbons (Fsp3) is 0.448. The minimum Gasteiger partial charge on any atom is -0.497 e. The van der Waals surface area contributed by atoms with Crippen LogP contribution >= 0.6 is 0 Å². The molecule has 2 aromatic carbocycles. The van der Waals surface area contributed by atoms with E-state index in [0.717, 1.165) is 23.5 Å². The lowest BCUT2D eigenvalue weighted by atomic mass is 9.73. The summed E-state index contributed by atoms with van der Waals surface area (Å²) in [7, 11) is 1.57. The maximum Gasteiger partial charge on any atom is 0.322 e. The lowest BCUT2D eigenvalue weighted by molar-refractivity contribution is -0.159. The average molecular weight is 488 g/mol. The van der Waals surface area contributed by atoms with Gasteiger partial charge in [-0.3, -0.25) is 4.79 Å². The van der Waals surface area contributed by atoms with Gasteiger partial charge in [-0.2, -0.15) is 0 Å². The number of piperazine rings is 1. The van der Waals surface area contributed by atoms with Crippen LogP contribution in [0.5, 0.6) is 5.75 Å². The van der Waals surface area contributed by atoms with Crippen molar-refractivity contribution in [1.29, 1.82) is 0 Å². The molecule has 7 nitrogen and oxygen atoms in total. The molecule has 188 valence electrons. The smallest absolute Gasteiger partial charge is 0.322 e. The summed E-state index contributed by atoms with van der Waals surface area (Å²) in [6.07, 6.45) is 6.21. The maximum atomic E-state index is 13.0. The van der Waals surface area contributed by atoms with Crippen LogP contribution in [0, 0.1) is 17.8 Å². The van der Waals surface area contributed by atoms with E-state index in [1.54, 1.807) is 41.2 Å². The first-order chi connectivity index (χ1) is 17.6. The summed E-state index contributed by atoms with van der Waals surface area (Å²) in [5.41, 5.74) is 2.64. The number of anilines is 1. The molecule has 1 aliphatic carbocycles. The third kappa shape index (κ3) is 4.91. The summed E-state index contributed by atoms with van der Waals surface area (Å²) in [6, 6.07) is 14.5. The molecule has 0 unspecified atom stereocenters. The van der Waals surface area contributed by atoms with Crippen molar-refractivity contribution in [2.24, 2.45) is 5.92 Å². The highest BCUT2D eigenvalue weighted by Crippen LogP contribution is 2.43. The van der Waals surface area contributed by atoms with Crippen molar-refractivity contribution in [2.75, 3.05) is 32.1 Å². The quantitative estimate of drug-likeness (QED) is 0.628. The largest absolute Gasteiger partial charge is 0.497 e. The molecule has 0 radical (unpaired) electrons. The van der Waals surface area contributed by atoms with E-state index in [1.807, 2.05) is 24.3 Å². The highest BCUT2D eigenvalue weighted by Gasteiger charge is 2.54. The number of aliphatic hydroxyl groups is 1. The van der Waals surface area contributed by atoms with E-state index >= 15 is 0 Å². The molecule has 3 amide bonds. The average Bonchev–Trinajstić information content (AvgIpc) is 3.40. The zero-order valence-corrected chi connectivity index (χ0v) is 20.7. The zero-order chi connectivity index (χ0) is 25.1. The molecule has 0 aromatic heterocycles. The van der Waals surface area contributed by atoms with Gasteiger partial charge in [0.25, 0.3) is 0 Å². The third-order valence-electron chi connectivity index (χ3n) is 7.75. The standard InChI is InChI=1S/C29H33N3O4/c1-36-24-11-5-10-23(16-24)30-29(35)31-17-25-28(26(19-33)32(25)27(34)18-31)22-14-12-21(13-15-22)9-4-8-20-6-2-3-7-20/h5,10-16,20,25-26,28,33H,2-3,6-8,17-19H2,1H3,(H,30,35)/t25-,26-,28-/m1/s1. The summed E-state index contributed by atoms with van der Waals surface area (Å²) in [5, 5.41) is 12.9. The van der Waals surface area contributed by atoms with Crippen LogP contribution in [-0.4, -0.2) is 65.7 Å². The van der Waals surface area contributed by atoms with Gasteiger partial charge in [0.15, 0.2) is 0 Å². The molecule has 2 N–H and O–H groups in total. The first-order valence-corrected chi connectivity index (χ1v) is 12.8. The Labute approximate surface area is 212 Å². The molecule has 3 aliphatic rings. The maximum absolute atomic E-state index is 13.0. The van der Waals surface area contributed by atoms with Gasteiger partial charge >= 0.3 is 6.03 Å². The van der Waals surface area contributed by atoms with E-state index in [-0.39, 0.29) is 43.1 Å². The first kappa shape index (κ1) is 24.2. The number of urea groups is 1. The van der Waals surface area contributed by atoms with Gasteiger partial charge in [-0.1, -0.05) is 42.9 Å². The van der Waals surface area contributed by atoms with Crippen molar-refractivity contribution in [2.45, 2.75) is 50.1 Å². The molecule has 2 heterocycles. The van der Waals surface area contributed by atoms with Crippen molar-refractivity contribution < 1.29 is 19.4 Å². The molecule has 2 aromatic rings. The Bertz CT molecular complexity index is 1160. The molecule has 3 atom stereocenters. The molecule has 3 fully saturated rings. The molecule has 2 aliphatic heterocycles. The van der Waals surface area contributed by atoms with Gasteiger partial charge in [0.1, 0.15) is 12.3 Å². The van der Waals surface area contributed by atoms with Crippen LogP contribution in [0.25, 0.3) is 0 Å². The predicted molar refractivity (Wildman–Crippen MR) is 138 cm³/mol. The Morgan fingerprint density at radius 2 is 1.94 bits per heavy atom. The topological polar surface area (TPSA) is 82.1 Å². The summed E-state index contributed by atoms with van der Waals surface area (Å²) >= 11 is 0. The van der Waals surface area contributed by atoms with Crippen LogP contribution in [0.4, 0.5) is 10.5 Å². The Kier molecular flexibility index (Phi) is 7.15. The minimum absolute atomic E-state index is 0.00889. The van der Waals surface area contributed by atoms with Gasteiger partial charge < -0.3 is 25.0 Å². The Hall–Kier alpha value is -3.50. The summed E-state index contributed by atoms with van der Waals surface area (Å²) in [6.45, 7) is 0.294. The van der Waals surface area contributed by atoms with Crippen LogP contribution in [0.3, 0.4) is 0 Å². The summed E-state index contributed by atoms with van der Waals surface area (Å²) in [4.78, 5) is 29.2. The second kappa shape index (κ2) is 10.6. The number of rotatable bonds is 5. The number of aliphatic hydroxyl groups excluding tert-OH is 1. The number of hydrogen-bond donors (Lipinski definition) is 2. The minimum atomic E-state index is -0.324. The van der Waals surface area contributed by atoms with Gasteiger partial charge in [-0.05, 0) is 48.6 Å². The molecule has 0 spiro atoms. The van der Waals surface area contributed by atoms with Gasteiger partial charge in [0.05, 0.1) is 25.8 Å². The van der Waals surface area contributed by atoms with Gasteiger partial charge in [-0.15, -0.1) is 0 Å². The highest BCUT2D eigenvalue weighted by atomic mass is 16.5. The Balaban J connectivity index is 1.26. The molecule has 7 heteroatoms. The van der Waals surface area contributed by atoms with E-state index < -0.39 is 0 Å². The number of fused-ring (bicyclic) bond motifs is 1. The number of carbonyl (C=O) groups excluding carboxylic acids is 2. The molecule has 36 heavy (non-hydrogen) atoms. The van der Waals surface area contributed by atoms with Crippen molar-refractivity contribution >= 4 is 17.6 Å². The second-order valence-electron chi connectivity index (χ2n) is 9.97. The normalized spacial score (nSPS) is 23.4. The van der Waals surface area contributed by atoms with E-state index in [2.05, 4.69) is 17.2 Å². The second-order valence-corrected chi connectivity index (χ2v) is 9.97. The monoisotopic (exact) mass is 487 g/mol. The number of carbonyl (C=O) groups is 2. The fourth-order valence-electron chi connectivity index (χ4n) is 5.86. The molecule has 1 saturated carbocycles. The van der Waals surface area contributed by atoms with Crippen molar-refractivity contribution in [3.8, 4) is 17.6 Å². The number of hydrogen-bond acceptors (Lipinski definition) is 4. The van der Waals surface area contributed by atoms with Crippen molar-refractivity contribution in [3.63, 3.8) is 0 Å². The SMILES string of the molecule is COc1cccc(NC(=O)N2CC(=O)N3[C@H](CO)[C@H](c4ccc(C#CCC5CCCC5)cc4)[C@H]3C2)c1. The molecular weight excluding hydrogens is 454 g/mol. The van der Waals surface area contributed by atoms with E-state index in [1.165, 1.54) is 25.7 Å². The lowest BCUT2D eigenvalue weighted by Crippen LogP contribution is -2.73. The first-order valence-electron chi connectivity index (χ1n) is 12.8. The molecule has 0 bridgehead atoms. The number of ether oxygens (including phenoxy) is 1. The summed E-state index contributed by atoms with van der Waals surface area (Å²) in [5.74, 6) is 7.83. The van der Waals surface area contributed by atoms with Gasteiger partial charge in [0, 0.05) is 36.2 Å². The lowest BCUT2D eigenvalue weighted by Gasteiger charge is -2.58. The van der Waals surface area contributed by atoms with Gasteiger partial charge in [-0.25, -0.2) is 4.79 Å². The highest BCUT2D eigenvalue weighted by molar-refractivity contribution is 5.94. The van der Waals surface area contributed by atoms with E-state index in [4.69, 9.17) is 4.74 Å². The van der Waals surface area contributed by atoms with Crippen molar-refractivity contribution in [3.05, 3.63) is 59.7 Å². The van der Waals surface area contributed by atoms with Crippen LogP contribution in [0.2, 0.25) is 0 Å². The van der Waals surface area contributed by atoms with Crippen LogP contribution in [0.1, 0.15) is 49.1 Å². The van der Waals surface area contributed by atoms with Crippen LogP contribution < -0.4 is 10.1 Å².